The van der Waals surface area contributed by atoms with E-state index in [2.05, 4.69) is 33.9 Å². The summed E-state index contributed by atoms with van der Waals surface area (Å²) in [5.74, 6) is 0. The van der Waals surface area contributed by atoms with E-state index < -0.39 is 11.4 Å². The molecule has 6 rings (SSSR count). The standard InChI is InChI=1S/C27H29Cl2N5OS2/c1-26(2,3)37(35)32-23-18-8-5-4-7-17(18)15-27(23)11-13-33(14-12-27)25-31-34-16-21(30-24(34)36-25)19-9-6-10-20(28)22(19)29/h4-10,16,23,32H,11-15H2,1-3H3/t23-,37?/m1/s1. The maximum atomic E-state index is 13.1. The van der Waals surface area contributed by atoms with Crippen molar-refractivity contribution in [3.8, 4) is 11.3 Å². The molecule has 1 aliphatic carbocycles. The molecule has 1 unspecified atom stereocenters. The summed E-state index contributed by atoms with van der Waals surface area (Å²) in [7, 11) is 0. The van der Waals surface area contributed by atoms with Crippen LogP contribution < -0.4 is 9.62 Å². The highest BCUT2D eigenvalue weighted by Gasteiger charge is 2.50. The predicted molar refractivity (Wildman–Crippen MR) is 154 cm³/mol. The van der Waals surface area contributed by atoms with Crippen LogP contribution in [0.1, 0.15) is 50.8 Å². The minimum atomic E-state index is -1.14. The Morgan fingerprint density at radius 3 is 2.59 bits per heavy atom. The number of nitrogens with zero attached hydrogens (tertiary/aromatic N) is 4. The van der Waals surface area contributed by atoms with Gasteiger partial charge in [0, 0.05) is 35.4 Å². The number of piperidine rings is 1. The quantitative estimate of drug-likeness (QED) is 0.275. The van der Waals surface area contributed by atoms with Gasteiger partial charge in [-0.2, -0.15) is 0 Å². The summed E-state index contributed by atoms with van der Waals surface area (Å²) in [6.45, 7) is 7.88. The van der Waals surface area contributed by atoms with Crippen molar-refractivity contribution in [3.63, 3.8) is 0 Å². The number of nitrogens with one attached hydrogen (secondary N) is 1. The van der Waals surface area contributed by atoms with Crippen LogP contribution in [0.2, 0.25) is 10.0 Å². The molecule has 0 saturated carbocycles. The van der Waals surface area contributed by atoms with Gasteiger partial charge in [-0.05, 0) is 57.2 Å². The predicted octanol–water partition coefficient (Wildman–Crippen LogP) is 6.70. The Labute approximate surface area is 234 Å². The van der Waals surface area contributed by atoms with Crippen molar-refractivity contribution >= 4 is 56.0 Å². The first-order valence-electron chi connectivity index (χ1n) is 12.5. The summed E-state index contributed by atoms with van der Waals surface area (Å²) in [5, 5.41) is 6.84. The van der Waals surface area contributed by atoms with Crippen molar-refractivity contribution < 1.29 is 4.55 Å². The van der Waals surface area contributed by atoms with Crippen LogP contribution in [0.15, 0.2) is 48.7 Å². The van der Waals surface area contributed by atoms with E-state index in [-0.39, 0.29) is 16.2 Å². The number of hydrogen-bond acceptors (Lipinski definition) is 6. The van der Waals surface area contributed by atoms with E-state index in [1.54, 1.807) is 17.4 Å². The number of aromatic nitrogens is 3. The number of hydrogen-bond donors (Lipinski definition) is 1. The highest BCUT2D eigenvalue weighted by molar-refractivity contribution is 7.90. The molecule has 1 saturated heterocycles. The van der Waals surface area contributed by atoms with Gasteiger partial charge in [0.1, 0.15) is 4.75 Å². The molecule has 2 aliphatic rings. The van der Waals surface area contributed by atoms with Crippen molar-refractivity contribution in [2.24, 2.45) is 5.41 Å². The average Bonchev–Trinajstić information content (AvgIpc) is 3.52. The summed E-state index contributed by atoms with van der Waals surface area (Å²) < 4.78 is 18.2. The fourth-order valence-corrected chi connectivity index (χ4v) is 7.79. The molecule has 1 fully saturated rings. The van der Waals surface area contributed by atoms with Gasteiger partial charge < -0.3 is 9.45 Å². The Kier molecular flexibility index (Phi) is 6.49. The van der Waals surface area contributed by atoms with Gasteiger partial charge in [0.05, 0.1) is 28.0 Å². The third-order valence-corrected chi connectivity index (χ3v) is 11.0. The monoisotopic (exact) mass is 573 g/mol. The molecular weight excluding hydrogens is 545 g/mol. The van der Waals surface area contributed by atoms with Gasteiger partial charge in [0.15, 0.2) is 0 Å². The number of fused-ring (bicyclic) bond motifs is 2. The lowest BCUT2D eigenvalue weighted by Gasteiger charge is -2.43. The Hall–Kier alpha value is -1.81. The van der Waals surface area contributed by atoms with Crippen LogP contribution in [0.5, 0.6) is 0 Å². The highest BCUT2D eigenvalue weighted by Crippen LogP contribution is 2.53. The third kappa shape index (κ3) is 4.56. The summed E-state index contributed by atoms with van der Waals surface area (Å²) in [4.78, 5) is 7.96. The Bertz CT molecular complexity index is 1420. The molecule has 6 nitrogen and oxygen atoms in total. The zero-order valence-electron chi connectivity index (χ0n) is 21.0. The molecule has 1 N–H and O–H groups in total. The molecular formula is C27H29Cl2N5OS2. The van der Waals surface area contributed by atoms with E-state index in [0.717, 1.165) is 53.7 Å². The number of rotatable bonds is 4. The molecule has 2 atom stereocenters. The molecule has 0 radical (unpaired) electrons. The first kappa shape index (κ1) is 25.5. The lowest BCUT2D eigenvalue weighted by Crippen LogP contribution is -2.49. The molecule has 37 heavy (non-hydrogen) atoms. The molecule has 10 heteroatoms. The van der Waals surface area contributed by atoms with E-state index >= 15 is 0 Å². The van der Waals surface area contributed by atoms with Gasteiger partial charge in [-0.25, -0.2) is 9.50 Å². The normalized spacial score (nSPS) is 20.1. The summed E-state index contributed by atoms with van der Waals surface area (Å²) >= 11 is 13.1. The second kappa shape index (κ2) is 9.43. The fourth-order valence-electron chi connectivity index (χ4n) is 5.52. The summed E-state index contributed by atoms with van der Waals surface area (Å²) in [5.41, 5.74) is 4.29. The Morgan fingerprint density at radius 1 is 1.11 bits per heavy atom. The Morgan fingerprint density at radius 2 is 1.86 bits per heavy atom. The van der Waals surface area contributed by atoms with E-state index in [0.29, 0.717) is 10.0 Å². The van der Waals surface area contributed by atoms with Crippen LogP contribution >= 0.6 is 34.5 Å². The second-order valence-corrected chi connectivity index (χ2v) is 14.7. The molecule has 0 bridgehead atoms. The molecule has 2 aromatic carbocycles. The van der Waals surface area contributed by atoms with E-state index in [9.17, 15) is 4.55 Å². The van der Waals surface area contributed by atoms with Crippen LogP contribution in [0, 0.1) is 5.41 Å². The number of imidazole rings is 1. The molecule has 0 amide bonds. The first-order valence-corrected chi connectivity index (χ1v) is 15.2. The number of anilines is 1. The maximum Gasteiger partial charge on any atom is 0.214 e. The van der Waals surface area contributed by atoms with Crippen molar-refractivity contribution in [2.75, 3.05) is 18.0 Å². The SMILES string of the molecule is CC(C)(C)[S+]([O-])N[C@@H]1c2ccccc2CC12CCN(c1nn3cc(-c4cccc(Cl)c4Cl)nc3s1)CC2. The molecule has 1 spiro atoms. The number of benzene rings is 2. The third-order valence-electron chi connectivity index (χ3n) is 7.59. The van der Waals surface area contributed by atoms with E-state index in [1.165, 1.54) is 11.1 Å². The topological polar surface area (TPSA) is 68.5 Å². The first-order chi connectivity index (χ1) is 17.6. The van der Waals surface area contributed by atoms with Crippen LogP contribution in [0.4, 0.5) is 5.13 Å². The summed E-state index contributed by atoms with van der Waals surface area (Å²) in [6.07, 6.45) is 4.94. The zero-order chi connectivity index (χ0) is 25.9. The van der Waals surface area contributed by atoms with Crippen LogP contribution in [-0.2, 0) is 17.8 Å². The van der Waals surface area contributed by atoms with Gasteiger partial charge in [-0.1, -0.05) is 70.9 Å². The fraction of sp³-hybridized carbons (Fsp3) is 0.407. The highest BCUT2D eigenvalue weighted by atomic mass is 35.5. The minimum absolute atomic E-state index is 0.0506. The zero-order valence-corrected chi connectivity index (χ0v) is 24.1. The second-order valence-electron chi connectivity index (χ2n) is 11.0. The van der Waals surface area contributed by atoms with Gasteiger partial charge in [-0.15, -0.1) is 9.82 Å². The van der Waals surface area contributed by atoms with Crippen molar-refractivity contribution in [1.29, 1.82) is 0 Å². The minimum Gasteiger partial charge on any atom is -0.598 e. The smallest absolute Gasteiger partial charge is 0.214 e. The number of halogens is 2. The van der Waals surface area contributed by atoms with Gasteiger partial charge in [0.2, 0.25) is 10.1 Å². The molecule has 4 aromatic rings. The Balaban J connectivity index is 1.22. The van der Waals surface area contributed by atoms with Crippen LogP contribution in [0.25, 0.3) is 16.2 Å². The molecule has 3 heterocycles. The van der Waals surface area contributed by atoms with Gasteiger partial charge in [0.25, 0.3) is 0 Å². The van der Waals surface area contributed by atoms with Gasteiger partial charge in [-0.3, -0.25) is 0 Å². The van der Waals surface area contributed by atoms with Gasteiger partial charge >= 0.3 is 0 Å². The lowest BCUT2D eigenvalue weighted by atomic mass is 9.73. The maximum absolute atomic E-state index is 13.1. The van der Waals surface area contributed by atoms with Crippen molar-refractivity contribution in [2.45, 2.75) is 50.8 Å². The summed E-state index contributed by atoms with van der Waals surface area (Å²) in [6, 6.07) is 14.3. The van der Waals surface area contributed by atoms with Crippen molar-refractivity contribution in [3.05, 3.63) is 69.8 Å². The van der Waals surface area contributed by atoms with Crippen LogP contribution in [-0.4, -0.2) is 37.0 Å². The van der Waals surface area contributed by atoms with E-state index in [1.807, 2.05) is 43.6 Å². The van der Waals surface area contributed by atoms with Crippen LogP contribution in [0.3, 0.4) is 0 Å². The largest absolute Gasteiger partial charge is 0.598 e. The molecule has 194 valence electrons. The molecule has 2 aromatic heterocycles. The molecule has 1 aliphatic heterocycles. The lowest BCUT2D eigenvalue weighted by molar-refractivity contribution is 0.176. The average molecular weight is 575 g/mol. The van der Waals surface area contributed by atoms with Crippen molar-refractivity contribution in [1.82, 2.24) is 19.3 Å². The van der Waals surface area contributed by atoms with E-state index in [4.69, 9.17) is 33.3 Å².